The van der Waals surface area contributed by atoms with Gasteiger partial charge in [0.2, 0.25) is 11.8 Å². The Morgan fingerprint density at radius 1 is 0.913 bits per heavy atom. The van der Waals surface area contributed by atoms with Crippen LogP contribution in [0, 0.1) is 25.7 Å². The molecule has 5 rings (SSSR count). The van der Waals surface area contributed by atoms with E-state index in [0.717, 1.165) is 0 Å². The van der Waals surface area contributed by atoms with Gasteiger partial charge in [-0.15, -0.1) is 11.3 Å². The number of hydrogen-bond donors (Lipinski definition) is 1. The summed E-state index contributed by atoms with van der Waals surface area (Å²) in [6, 6.07) is 9.27. The number of amides is 2. The molecule has 0 aliphatic carbocycles. The molecular formula is C18H16N2O2S. The predicted molar refractivity (Wildman–Crippen MR) is 88.3 cm³/mol. The molecule has 2 bridgehead atoms. The van der Waals surface area contributed by atoms with Crippen molar-refractivity contribution >= 4 is 28.8 Å². The number of fused-ring (bicyclic) bond motifs is 8. The molecule has 0 saturated carbocycles. The highest BCUT2D eigenvalue weighted by Gasteiger charge is 2.64. The van der Waals surface area contributed by atoms with Gasteiger partial charge < -0.3 is 5.32 Å². The van der Waals surface area contributed by atoms with E-state index in [-0.39, 0.29) is 35.7 Å². The summed E-state index contributed by atoms with van der Waals surface area (Å²) in [5.41, 5.74) is 3.23. The number of benzene rings is 1. The third-order valence-electron chi connectivity index (χ3n) is 5.47. The molecule has 2 amide bonds. The maximum Gasteiger partial charge on any atom is 0.239 e. The quantitative estimate of drug-likeness (QED) is 0.821. The molecule has 116 valence electrons. The highest BCUT2D eigenvalue weighted by atomic mass is 32.1. The number of rotatable bonds is 1. The Balaban J connectivity index is 1.63. The van der Waals surface area contributed by atoms with Gasteiger partial charge >= 0.3 is 0 Å². The van der Waals surface area contributed by atoms with E-state index in [0.29, 0.717) is 5.69 Å². The third kappa shape index (κ3) is 1.49. The molecule has 1 N–H and O–H groups in total. The molecule has 2 aromatic rings. The second-order valence-corrected chi connectivity index (χ2v) is 7.99. The smallest absolute Gasteiger partial charge is 0.239 e. The van der Waals surface area contributed by atoms with E-state index in [9.17, 15) is 9.59 Å². The Labute approximate surface area is 138 Å². The lowest BCUT2D eigenvalue weighted by molar-refractivity contribution is -0.123. The van der Waals surface area contributed by atoms with E-state index in [1.54, 1.807) is 11.3 Å². The van der Waals surface area contributed by atoms with Crippen LogP contribution in [0.2, 0.25) is 0 Å². The highest BCUT2D eigenvalue weighted by Crippen LogP contribution is 2.59. The predicted octanol–water partition coefficient (Wildman–Crippen LogP) is 2.87. The molecule has 0 radical (unpaired) electrons. The van der Waals surface area contributed by atoms with Crippen molar-refractivity contribution in [2.24, 2.45) is 11.8 Å². The van der Waals surface area contributed by atoms with E-state index in [1.165, 1.54) is 25.8 Å². The first-order valence-electron chi connectivity index (χ1n) is 7.88. The monoisotopic (exact) mass is 324 g/mol. The van der Waals surface area contributed by atoms with Crippen LogP contribution in [0.1, 0.15) is 33.0 Å². The number of para-hydroxylation sites is 1. The number of anilines is 1. The Kier molecular flexibility index (Phi) is 2.52. The number of nitrogens with zero attached hydrogens (tertiary/aromatic N) is 1. The van der Waals surface area contributed by atoms with Crippen LogP contribution in [-0.2, 0) is 9.59 Å². The fourth-order valence-corrected chi connectivity index (χ4v) is 5.82. The van der Waals surface area contributed by atoms with Gasteiger partial charge in [0.05, 0.1) is 17.5 Å². The van der Waals surface area contributed by atoms with Gasteiger partial charge in [0.15, 0.2) is 0 Å². The zero-order valence-corrected chi connectivity index (χ0v) is 13.7. The summed E-state index contributed by atoms with van der Waals surface area (Å²) in [7, 11) is 0. The zero-order chi connectivity index (χ0) is 15.9. The number of nitrogens with one attached hydrogen (secondary N) is 1. The van der Waals surface area contributed by atoms with Crippen LogP contribution in [0.4, 0.5) is 5.69 Å². The second-order valence-electron chi connectivity index (χ2n) is 6.56. The Morgan fingerprint density at radius 2 is 1.43 bits per heavy atom. The van der Waals surface area contributed by atoms with Crippen LogP contribution in [0.15, 0.2) is 30.3 Å². The van der Waals surface area contributed by atoms with Gasteiger partial charge in [-0.1, -0.05) is 18.2 Å². The fraction of sp³-hybridized carbons (Fsp3) is 0.333. The van der Waals surface area contributed by atoms with Crippen LogP contribution in [-0.4, -0.2) is 11.8 Å². The summed E-state index contributed by atoms with van der Waals surface area (Å²) in [5, 5.41) is 3.53. The number of imide groups is 1. The van der Waals surface area contributed by atoms with Crippen LogP contribution < -0.4 is 10.2 Å². The van der Waals surface area contributed by atoms with Crippen LogP contribution in [0.3, 0.4) is 0 Å². The third-order valence-corrected chi connectivity index (χ3v) is 6.52. The van der Waals surface area contributed by atoms with Crippen molar-refractivity contribution in [2.45, 2.75) is 25.9 Å². The van der Waals surface area contributed by atoms with Gasteiger partial charge in [0, 0.05) is 21.8 Å². The largest absolute Gasteiger partial charge is 0.301 e. The Hall–Kier alpha value is -1.98. The summed E-state index contributed by atoms with van der Waals surface area (Å²) < 4.78 is 0. The van der Waals surface area contributed by atoms with E-state index >= 15 is 0 Å². The number of aryl methyl sites for hydroxylation is 2. The first kappa shape index (κ1) is 13.5. The molecule has 5 heteroatoms. The average Bonchev–Trinajstić information content (AvgIpc) is 3.23. The molecule has 1 aromatic heterocycles. The highest BCUT2D eigenvalue weighted by molar-refractivity contribution is 7.12. The first-order valence-corrected chi connectivity index (χ1v) is 8.70. The summed E-state index contributed by atoms with van der Waals surface area (Å²) in [5.74, 6) is -0.624. The van der Waals surface area contributed by atoms with Crippen molar-refractivity contribution in [1.82, 2.24) is 5.32 Å². The van der Waals surface area contributed by atoms with Crippen molar-refractivity contribution < 1.29 is 9.59 Å². The molecule has 4 atom stereocenters. The number of carbonyl (C=O) groups excluding carboxylic acids is 2. The lowest BCUT2D eigenvalue weighted by atomic mass is 9.77. The summed E-state index contributed by atoms with van der Waals surface area (Å²) >= 11 is 1.78. The van der Waals surface area contributed by atoms with Crippen molar-refractivity contribution in [1.29, 1.82) is 0 Å². The second kappa shape index (κ2) is 4.30. The molecule has 0 unspecified atom stereocenters. The fourth-order valence-electron chi connectivity index (χ4n) is 4.66. The molecule has 4 nitrogen and oxygen atoms in total. The lowest BCUT2D eigenvalue weighted by Gasteiger charge is -2.20. The standard InChI is InChI=1S/C18H16N2O2S/c1-8-11-12(9(2)23-8)16-14-13(15(11)19-16)17(21)20(18(14)22)10-6-4-3-5-7-10/h3-7,13-16,19H,1-2H3/t13-,14+,15+,16-. The van der Waals surface area contributed by atoms with Gasteiger partial charge in [-0.2, -0.15) is 0 Å². The SMILES string of the molecule is Cc1sc(C)c2c1[C@H]1N[C@@H]2[C@@H]2C(=O)N(c3ccccc3)C(=O)[C@@H]21. The average molecular weight is 324 g/mol. The Bertz CT molecular complexity index is 809. The minimum Gasteiger partial charge on any atom is -0.301 e. The first-order chi connectivity index (χ1) is 11.1. The normalized spacial score (nSPS) is 31.0. The van der Waals surface area contributed by atoms with Gasteiger partial charge in [0.1, 0.15) is 0 Å². The lowest BCUT2D eigenvalue weighted by Crippen LogP contribution is -2.34. The molecule has 2 saturated heterocycles. The molecule has 0 spiro atoms. The van der Waals surface area contributed by atoms with E-state index in [4.69, 9.17) is 0 Å². The molecule has 2 fully saturated rings. The van der Waals surface area contributed by atoms with Crippen molar-refractivity contribution in [2.75, 3.05) is 4.90 Å². The van der Waals surface area contributed by atoms with Gasteiger partial charge in [-0.05, 0) is 37.1 Å². The maximum absolute atomic E-state index is 13.0. The van der Waals surface area contributed by atoms with E-state index in [1.807, 2.05) is 30.3 Å². The molecule has 1 aromatic carbocycles. The van der Waals surface area contributed by atoms with Crippen molar-refractivity contribution in [3.63, 3.8) is 0 Å². The topological polar surface area (TPSA) is 49.4 Å². The maximum atomic E-state index is 13.0. The van der Waals surface area contributed by atoms with E-state index in [2.05, 4.69) is 19.2 Å². The summed E-state index contributed by atoms with van der Waals surface area (Å²) in [4.78, 5) is 29.9. The Morgan fingerprint density at radius 3 is 1.96 bits per heavy atom. The molecule has 4 heterocycles. The van der Waals surface area contributed by atoms with Gasteiger partial charge in [-0.3, -0.25) is 9.59 Å². The summed E-state index contributed by atoms with van der Waals surface area (Å²) in [6.07, 6.45) is 0. The molecular weight excluding hydrogens is 308 g/mol. The van der Waals surface area contributed by atoms with Crippen LogP contribution >= 0.6 is 11.3 Å². The zero-order valence-electron chi connectivity index (χ0n) is 12.9. The number of thiophene rings is 1. The summed E-state index contributed by atoms with van der Waals surface area (Å²) in [6.45, 7) is 4.23. The molecule has 3 aliphatic heterocycles. The van der Waals surface area contributed by atoms with Gasteiger partial charge in [0.25, 0.3) is 0 Å². The van der Waals surface area contributed by atoms with Crippen LogP contribution in [0.5, 0.6) is 0 Å². The minimum absolute atomic E-state index is 0.00453. The van der Waals surface area contributed by atoms with Crippen LogP contribution in [0.25, 0.3) is 0 Å². The molecule has 3 aliphatic rings. The van der Waals surface area contributed by atoms with Crippen molar-refractivity contribution in [3.05, 3.63) is 51.2 Å². The number of hydrogen-bond acceptors (Lipinski definition) is 4. The van der Waals surface area contributed by atoms with E-state index < -0.39 is 0 Å². The van der Waals surface area contributed by atoms with Crippen molar-refractivity contribution in [3.8, 4) is 0 Å². The molecule has 23 heavy (non-hydrogen) atoms. The number of carbonyl (C=O) groups is 2. The minimum atomic E-state index is -0.257. The van der Waals surface area contributed by atoms with Gasteiger partial charge in [-0.25, -0.2) is 4.90 Å².